The SMILES string of the molecule is CC(C)(C)C(=O)C(Oc1ccc(Cl)cc1O)n1ccnc1. The molecule has 0 saturated heterocycles. The Morgan fingerprint density at radius 3 is 2.67 bits per heavy atom. The van der Waals surface area contributed by atoms with Gasteiger partial charge in [0.1, 0.15) is 0 Å². The quantitative estimate of drug-likeness (QED) is 0.939. The maximum absolute atomic E-state index is 12.6. The zero-order valence-corrected chi connectivity index (χ0v) is 12.8. The highest BCUT2D eigenvalue weighted by atomic mass is 35.5. The molecule has 1 atom stereocenters. The molecule has 1 heterocycles. The molecule has 0 spiro atoms. The molecule has 1 aromatic heterocycles. The maximum Gasteiger partial charge on any atom is 0.237 e. The molecule has 112 valence electrons. The van der Waals surface area contributed by atoms with Gasteiger partial charge in [-0.2, -0.15) is 0 Å². The van der Waals surface area contributed by atoms with Crippen LogP contribution >= 0.6 is 11.6 Å². The number of hydrogen-bond acceptors (Lipinski definition) is 4. The molecule has 0 bridgehead atoms. The number of carbonyl (C=O) groups is 1. The van der Waals surface area contributed by atoms with E-state index in [0.29, 0.717) is 5.02 Å². The molecule has 6 heteroatoms. The number of benzene rings is 1. The lowest BCUT2D eigenvalue weighted by Gasteiger charge is -2.26. The van der Waals surface area contributed by atoms with Gasteiger partial charge >= 0.3 is 0 Å². The van der Waals surface area contributed by atoms with Crippen LogP contribution in [-0.4, -0.2) is 20.4 Å². The van der Waals surface area contributed by atoms with Crippen LogP contribution in [0.5, 0.6) is 11.5 Å². The van der Waals surface area contributed by atoms with Crippen LogP contribution in [0.3, 0.4) is 0 Å². The number of aromatic nitrogens is 2. The fourth-order valence-corrected chi connectivity index (χ4v) is 1.91. The number of phenols is 1. The molecule has 0 amide bonds. The van der Waals surface area contributed by atoms with Crippen molar-refractivity contribution in [2.24, 2.45) is 5.41 Å². The molecule has 5 nitrogen and oxygen atoms in total. The van der Waals surface area contributed by atoms with E-state index in [9.17, 15) is 9.90 Å². The molecule has 0 radical (unpaired) electrons. The monoisotopic (exact) mass is 308 g/mol. The highest BCUT2D eigenvalue weighted by Crippen LogP contribution is 2.33. The molecule has 0 aliphatic heterocycles. The van der Waals surface area contributed by atoms with E-state index in [-0.39, 0.29) is 17.3 Å². The van der Waals surface area contributed by atoms with Gasteiger partial charge in [-0.15, -0.1) is 0 Å². The third-order valence-electron chi connectivity index (χ3n) is 2.92. The first-order chi connectivity index (χ1) is 9.79. The zero-order chi connectivity index (χ0) is 15.6. The second-order valence-electron chi connectivity index (χ2n) is 5.71. The summed E-state index contributed by atoms with van der Waals surface area (Å²) < 4.78 is 7.25. The first kappa shape index (κ1) is 15.4. The number of halogens is 1. The maximum atomic E-state index is 12.6. The molecule has 0 fully saturated rings. The summed E-state index contributed by atoms with van der Waals surface area (Å²) >= 11 is 5.79. The van der Waals surface area contributed by atoms with Gasteiger partial charge in [-0.05, 0) is 12.1 Å². The summed E-state index contributed by atoms with van der Waals surface area (Å²) in [5.74, 6) is -0.0557. The summed E-state index contributed by atoms with van der Waals surface area (Å²) in [6.45, 7) is 5.43. The second-order valence-corrected chi connectivity index (χ2v) is 6.14. The van der Waals surface area contributed by atoms with Crippen molar-refractivity contribution in [1.82, 2.24) is 9.55 Å². The molecule has 1 N–H and O–H groups in total. The van der Waals surface area contributed by atoms with Gasteiger partial charge in [0.25, 0.3) is 0 Å². The highest BCUT2D eigenvalue weighted by Gasteiger charge is 2.33. The fourth-order valence-electron chi connectivity index (χ4n) is 1.74. The Morgan fingerprint density at radius 1 is 1.43 bits per heavy atom. The van der Waals surface area contributed by atoms with Crippen molar-refractivity contribution in [2.45, 2.75) is 27.0 Å². The number of Topliss-reactive ketones (excluding diaryl/α,β-unsaturated/α-hetero) is 1. The van der Waals surface area contributed by atoms with Gasteiger partial charge in [-0.3, -0.25) is 9.36 Å². The summed E-state index contributed by atoms with van der Waals surface area (Å²) in [5.41, 5.74) is -0.600. The molecule has 1 aromatic carbocycles. The van der Waals surface area contributed by atoms with E-state index < -0.39 is 11.6 Å². The van der Waals surface area contributed by atoms with Gasteiger partial charge in [0.15, 0.2) is 17.3 Å². The van der Waals surface area contributed by atoms with Crippen molar-refractivity contribution >= 4 is 17.4 Å². The minimum absolute atomic E-state index is 0.116. The van der Waals surface area contributed by atoms with E-state index in [4.69, 9.17) is 16.3 Å². The van der Waals surface area contributed by atoms with E-state index in [0.717, 1.165) is 0 Å². The highest BCUT2D eigenvalue weighted by molar-refractivity contribution is 6.30. The lowest BCUT2D eigenvalue weighted by molar-refractivity contribution is -0.137. The molecule has 1 unspecified atom stereocenters. The summed E-state index contributed by atoms with van der Waals surface area (Å²) in [4.78, 5) is 16.5. The fraction of sp³-hybridized carbons (Fsp3) is 0.333. The number of nitrogens with zero attached hydrogens (tertiary/aromatic N) is 2. The van der Waals surface area contributed by atoms with Crippen LogP contribution < -0.4 is 4.74 Å². The van der Waals surface area contributed by atoms with Crippen molar-refractivity contribution in [3.63, 3.8) is 0 Å². The molecule has 2 aromatic rings. The average molecular weight is 309 g/mol. The lowest BCUT2D eigenvalue weighted by atomic mass is 9.89. The Hall–Kier alpha value is -2.01. The first-order valence-electron chi connectivity index (χ1n) is 6.46. The summed E-state index contributed by atoms with van der Waals surface area (Å²) in [7, 11) is 0. The largest absolute Gasteiger partial charge is 0.504 e. The minimum Gasteiger partial charge on any atom is -0.504 e. The Morgan fingerprint density at radius 2 is 2.14 bits per heavy atom. The lowest BCUT2D eigenvalue weighted by Crippen LogP contribution is -2.33. The van der Waals surface area contributed by atoms with Crippen molar-refractivity contribution < 1.29 is 14.6 Å². The number of ether oxygens (including phenoxy) is 1. The van der Waals surface area contributed by atoms with Gasteiger partial charge in [0, 0.05) is 28.9 Å². The zero-order valence-electron chi connectivity index (χ0n) is 12.1. The Balaban J connectivity index is 2.35. The predicted octanol–water partition coefficient (Wildman–Crippen LogP) is 3.43. The van der Waals surface area contributed by atoms with Crippen LogP contribution in [0.2, 0.25) is 5.02 Å². The minimum atomic E-state index is -0.903. The number of phenolic OH excluding ortho intramolecular Hbond substituents is 1. The number of aromatic hydroxyl groups is 1. The van der Waals surface area contributed by atoms with Crippen LogP contribution in [0.1, 0.15) is 27.0 Å². The summed E-state index contributed by atoms with van der Waals surface area (Å²) in [6, 6.07) is 4.48. The van der Waals surface area contributed by atoms with Crippen LogP contribution in [0.4, 0.5) is 0 Å². The van der Waals surface area contributed by atoms with E-state index in [1.807, 2.05) is 20.8 Å². The van der Waals surface area contributed by atoms with Crippen molar-refractivity contribution in [2.75, 3.05) is 0 Å². The topological polar surface area (TPSA) is 64.3 Å². The van der Waals surface area contributed by atoms with E-state index in [1.165, 1.54) is 18.5 Å². The predicted molar refractivity (Wildman–Crippen MR) is 79.5 cm³/mol. The third kappa shape index (κ3) is 3.55. The van der Waals surface area contributed by atoms with Crippen molar-refractivity contribution in [3.05, 3.63) is 41.9 Å². The molecule has 0 aliphatic carbocycles. The van der Waals surface area contributed by atoms with E-state index in [2.05, 4.69) is 4.98 Å². The summed E-state index contributed by atoms with van der Waals surface area (Å²) in [6.07, 6.45) is 3.80. The standard InChI is InChI=1S/C15H17ClN2O3/c1-15(2,3)13(20)14(18-7-6-17-9-18)21-12-5-4-10(16)8-11(12)19/h4-9,14,19H,1-3H3. The van der Waals surface area contributed by atoms with E-state index >= 15 is 0 Å². The number of imidazole rings is 1. The average Bonchev–Trinajstić information content (AvgIpc) is 2.90. The number of rotatable bonds is 4. The first-order valence-corrected chi connectivity index (χ1v) is 6.84. The molecule has 0 saturated carbocycles. The number of carbonyl (C=O) groups excluding carboxylic acids is 1. The molecule has 21 heavy (non-hydrogen) atoms. The Bertz CT molecular complexity index is 633. The van der Waals surface area contributed by atoms with Crippen LogP contribution in [0.15, 0.2) is 36.9 Å². The van der Waals surface area contributed by atoms with Crippen LogP contribution in [0, 0.1) is 5.41 Å². The number of ketones is 1. The van der Waals surface area contributed by atoms with Crippen molar-refractivity contribution in [1.29, 1.82) is 0 Å². The molecule has 2 rings (SSSR count). The third-order valence-corrected chi connectivity index (χ3v) is 3.15. The Kier molecular flexibility index (Phi) is 4.23. The molecule has 0 aliphatic rings. The van der Waals surface area contributed by atoms with Gasteiger partial charge in [0.05, 0.1) is 6.33 Å². The normalized spacial score (nSPS) is 13.0. The molecular formula is C15H17ClN2O3. The van der Waals surface area contributed by atoms with Gasteiger partial charge in [0.2, 0.25) is 6.23 Å². The van der Waals surface area contributed by atoms with Crippen LogP contribution in [-0.2, 0) is 4.79 Å². The van der Waals surface area contributed by atoms with Gasteiger partial charge in [-0.25, -0.2) is 4.98 Å². The van der Waals surface area contributed by atoms with Crippen molar-refractivity contribution in [3.8, 4) is 11.5 Å². The van der Waals surface area contributed by atoms with Gasteiger partial charge < -0.3 is 9.84 Å². The number of hydrogen-bond donors (Lipinski definition) is 1. The van der Waals surface area contributed by atoms with Gasteiger partial charge in [-0.1, -0.05) is 32.4 Å². The van der Waals surface area contributed by atoms with Crippen LogP contribution in [0.25, 0.3) is 0 Å². The second kappa shape index (κ2) is 5.77. The summed E-state index contributed by atoms with van der Waals surface area (Å²) in [5, 5.41) is 10.3. The Labute approximate surface area is 128 Å². The smallest absolute Gasteiger partial charge is 0.237 e. The molecular weight excluding hydrogens is 292 g/mol. The van der Waals surface area contributed by atoms with E-state index in [1.54, 1.807) is 23.0 Å².